The molecule has 0 radical (unpaired) electrons. The molecule has 1 aliphatic rings. The van der Waals surface area contributed by atoms with E-state index < -0.39 is 11.9 Å². The van der Waals surface area contributed by atoms with Gasteiger partial charge in [-0.2, -0.15) is 5.10 Å². The van der Waals surface area contributed by atoms with Crippen LogP contribution in [0.2, 0.25) is 0 Å². The molecule has 0 spiro atoms. The van der Waals surface area contributed by atoms with Gasteiger partial charge >= 0.3 is 0 Å². The van der Waals surface area contributed by atoms with Gasteiger partial charge in [-0.3, -0.25) is 9.36 Å². The molecule has 0 amide bonds. The van der Waals surface area contributed by atoms with Crippen LogP contribution in [-0.4, -0.2) is 43.5 Å². The molecular weight excluding hydrogens is 489 g/mol. The zero-order valence-corrected chi connectivity index (χ0v) is 21.2. The molecule has 1 aliphatic carbocycles. The van der Waals surface area contributed by atoms with Crippen LogP contribution in [0, 0.1) is 5.82 Å². The molecule has 3 aromatic heterocycles. The summed E-state index contributed by atoms with van der Waals surface area (Å²) < 4.78 is 28.9. The highest BCUT2D eigenvalue weighted by Crippen LogP contribution is 2.40. The molecule has 10 nitrogen and oxygen atoms in total. The maximum atomic E-state index is 14.7. The standard InChI is InChI=1S/C27H26FN7O3/c1-4-18(25-32-17-7-5-6-16(28)21(17)27(36)34(25)15-9-10-15)35-26-22(24(29)30-13-31-26)23(33-35)14-8-11-19(37-2)20(12-14)38-3/h5-8,11-13,15,18H,4,9-10H2,1-3H3,(H2,29,30,31). The quantitative estimate of drug-likeness (QED) is 0.341. The fraction of sp³-hybridized carbons (Fsp3) is 0.296. The largest absolute Gasteiger partial charge is 0.493 e. The Balaban J connectivity index is 1.61. The summed E-state index contributed by atoms with van der Waals surface area (Å²) in [6.45, 7) is 1.98. The number of nitrogens with two attached hydrogens (primary N) is 1. The van der Waals surface area contributed by atoms with Crippen molar-refractivity contribution in [2.24, 2.45) is 0 Å². The molecule has 2 N–H and O–H groups in total. The van der Waals surface area contributed by atoms with Crippen LogP contribution in [0.1, 0.15) is 44.1 Å². The molecule has 0 saturated heterocycles. The fourth-order valence-electron chi connectivity index (χ4n) is 5.00. The van der Waals surface area contributed by atoms with E-state index >= 15 is 0 Å². The Morgan fingerprint density at radius 3 is 2.61 bits per heavy atom. The van der Waals surface area contributed by atoms with Crippen molar-refractivity contribution in [2.75, 3.05) is 20.0 Å². The number of ether oxygens (including phenoxy) is 2. The third-order valence-corrected chi connectivity index (χ3v) is 6.97. The third-order valence-electron chi connectivity index (χ3n) is 6.97. The molecule has 194 valence electrons. The predicted octanol–water partition coefficient (Wildman–Crippen LogP) is 4.28. The van der Waals surface area contributed by atoms with E-state index in [0.29, 0.717) is 46.0 Å². The minimum Gasteiger partial charge on any atom is -0.493 e. The smallest absolute Gasteiger partial charge is 0.264 e. The monoisotopic (exact) mass is 515 g/mol. The lowest BCUT2D eigenvalue weighted by atomic mass is 10.1. The third kappa shape index (κ3) is 3.65. The molecule has 1 saturated carbocycles. The van der Waals surface area contributed by atoms with Gasteiger partial charge < -0.3 is 15.2 Å². The highest BCUT2D eigenvalue weighted by molar-refractivity contribution is 5.98. The Labute approximate surface area is 216 Å². The van der Waals surface area contributed by atoms with Crippen molar-refractivity contribution >= 4 is 27.8 Å². The molecule has 6 rings (SSSR count). The Bertz CT molecular complexity index is 1760. The topological polar surface area (TPSA) is 123 Å². The van der Waals surface area contributed by atoms with E-state index in [4.69, 9.17) is 25.3 Å². The summed E-state index contributed by atoms with van der Waals surface area (Å²) in [7, 11) is 3.13. The lowest BCUT2D eigenvalue weighted by Crippen LogP contribution is -2.29. The van der Waals surface area contributed by atoms with E-state index in [0.717, 1.165) is 18.4 Å². The first-order chi connectivity index (χ1) is 18.5. The number of benzene rings is 2. The van der Waals surface area contributed by atoms with E-state index in [1.165, 1.54) is 12.4 Å². The zero-order valence-electron chi connectivity index (χ0n) is 21.2. The molecule has 38 heavy (non-hydrogen) atoms. The molecule has 0 bridgehead atoms. The van der Waals surface area contributed by atoms with Gasteiger partial charge in [-0.1, -0.05) is 13.0 Å². The van der Waals surface area contributed by atoms with Crippen molar-refractivity contribution in [1.29, 1.82) is 0 Å². The summed E-state index contributed by atoms with van der Waals surface area (Å²) in [5.74, 6) is 1.33. The van der Waals surface area contributed by atoms with Crippen LogP contribution in [-0.2, 0) is 0 Å². The van der Waals surface area contributed by atoms with Gasteiger partial charge in [0.2, 0.25) is 0 Å². The van der Waals surface area contributed by atoms with Gasteiger partial charge in [-0.05, 0) is 49.6 Å². The average Bonchev–Trinajstić information content (AvgIpc) is 3.69. The first kappa shape index (κ1) is 23.8. The summed E-state index contributed by atoms with van der Waals surface area (Å²) >= 11 is 0. The van der Waals surface area contributed by atoms with Gasteiger partial charge in [0.25, 0.3) is 5.56 Å². The zero-order chi connectivity index (χ0) is 26.6. The molecule has 11 heteroatoms. The SMILES string of the molecule is CCC(c1nc2cccc(F)c2c(=O)n1C1CC1)n1nc(-c2ccc(OC)c(OC)c2)c2c(N)ncnc21. The second kappa shape index (κ2) is 9.09. The number of aromatic nitrogens is 6. The van der Waals surface area contributed by atoms with Gasteiger partial charge in [0.1, 0.15) is 40.9 Å². The first-order valence-corrected chi connectivity index (χ1v) is 12.4. The highest BCUT2D eigenvalue weighted by atomic mass is 19.1. The summed E-state index contributed by atoms with van der Waals surface area (Å²) in [4.78, 5) is 27.1. The summed E-state index contributed by atoms with van der Waals surface area (Å²) in [6, 6.07) is 9.47. The molecular formula is C27H26FN7O3. The Hall–Kier alpha value is -4.54. The lowest BCUT2D eigenvalue weighted by molar-refractivity contribution is 0.355. The molecule has 0 aliphatic heterocycles. The lowest BCUT2D eigenvalue weighted by Gasteiger charge is -2.21. The number of hydrogen-bond donors (Lipinski definition) is 1. The summed E-state index contributed by atoms with van der Waals surface area (Å²) in [5, 5.41) is 5.53. The van der Waals surface area contributed by atoms with Gasteiger partial charge in [0.15, 0.2) is 17.1 Å². The van der Waals surface area contributed by atoms with E-state index in [-0.39, 0.29) is 22.8 Å². The van der Waals surface area contributed by atoms with Crippen molar-refractivity contribution in [3.63, 3.8) is 0 Å². The summed E-state index contributed by atoms with van der Waals surface area (Å²) in [6.07, 6.45) is 3.60. The van der Waals surface area contributed by atoms with Crippen LogP contribution in [0.4, 0.5) is 10.2 Å². The number of rotatable bonds is 7. The van der Waals surface area contributed by atoms with Gasteiger partial charge in [0.05, 0.1) is 25.1 Å². The Morgan fingerprint density at radius 2 is 1.89 bits per heavy atom. The number of halogens is 1. The Morgan fingerprint density at radius 1 is 1.11 bits per heavy atom. The maximum Gasteiger partial charge on any atom is 0.264 e. The van der Waals surface area contributed by atoms with Gasteiger partial charge in [-0.25, -0.2) is 24.0 Å². The molecule has 2 aromatic carbocycles. The van der Waals surface area contributed by atoms with Gasteiger partial charge in [-0.15, -0.1) is 0 Å². The minimum atomic E-state index is -0.574. The number of methoxy groups -OCH3 is 2. The minimum absolute atomic E-state index is 0.000845. The molecule has 1 atom stereocenters. The second-order valence-electron chi connectivity index (χ2n) is 9.25. The fourth-order valence-corrected chi connectivity index (χ4v) is 5.00. The van der Waals surface area contributed by atoms with Crippen LogP contribution in [0.15, 0.2) is 47.5 Å². The molecule has 1 fully saturated rings. The van der Waals surface area contributed by atoms with Crippen LogP contribution in [0.5, 0.6) is 11.5 Å². The average molecular weight is 516 g/mol. The van der Waals surface area contributed by atoms with E-state index in [1.807, 2.05) is 19.1 Å². The molecule has 5 aromatic rings. The summed E-state index contributed by atoms with van der Waals surface area (Å²) in [5.41, 5.74) is 8.07. The van der Waals surface area contributed by atoms with E-state index in [1.54, 1.807) is 41.7 Å². The number of fused-ring (bicyclic) bond motifs is 2. The van der Waals surface area contributed by atoms with Gasteiger partial charge in [0, 0.05) is 11.6 Å². The molecule has 1 unspecified atom stereocenters. The van der Waals surface area contributed by atoms with Crippen LogP contribution in [0.3, 0.4) is 0 Å². The van der Waals surface area contributed by atoms with Crippen molar-refractivity contribution in [1.82, 2.24) is 29.3 Å². The van der Waals surface area contributed by atoms with Crippen LogP contribution >= 0.6 is 0 Å². The van der Waals surface area contributed by atoms with Crippen LogP contribution < -0.4 is 20.8 Å². The van der Waals surface area contributed by atoms with E-state index in [2.05, 4.69) is 9.97 Å². The molecule has 3 heterocycles. The second-order valence-corrected chi connectivity index (χ2v) is 9.25. The number of nitrogens with zero attached hydrogens (tertiary/aromatic N) is 6. The Kier molecular flexibility index (Phi) is 5.70. The first-order valence-electron chi connectivity index (χ1n) is 12.4. The number of nitrogen functional groups attached to an aromatic ring is 1. The highest BCUT2D eigenvalue weighted by Gasteiger charge is 2.33. The number of anilines is 1. The normalized spacial score (nSPS) is 14.2. The number of hydrogen-bond acceptors (Lipinski definition) is 8. The van der Waals surface area contributed by atoms with Crippen molar-refractivity contribution < 1.29 is 13.9 Å². The van der Waals surface area contributed by atoms with Crippen molar-refractivity contribution in [3.05, 3.63) is 64.7 Å². The maximum absolute atomic E-state index is 14.7. The van der Waals surface area contributed by atoms with Crippen LogP contribution in [0.25, 0.3) is 33.2 Å². The van der Waals surface area contributed by atoms with E-state index in [9.17, 15) is 9.18 Å². The van der Waals surface area contributed by atoms with Crippen molar-refractivity contribution in [2.45, 2.75) is 38.3 Å². The predicted molar refractivity (Wildman–Crippen MR) is 141 cm³/mol. The van der Waals surface area contributed by atoms with Crippen molar-refractivity contribution in [3.8, 4) is 22.8 Å².